The summed E-state index contributed by atoms with van der Waals surface area (Å²) < 4.78 is 12.4. The molecule has 3 rings (SSSR count). The molecular formula is C18H16N2OS. The average Bonchev–Trinajstić information content (AvgIpc) is 2.56. The van der Waals surface area contributed by atoms with E-state index in [1.54, 1.807) is 0 Å². The number of hydrogen-bond donors (Lipinski definition) is 0. The van der Waals surface area contributed by atoms with Gasteiger partial charge in [-0.2, -0.15) is 0 Å². The van der Waals surface area contributed by atoms with Gasteiger partial charge in [-0.15, -0.1) is 0 Å². The van der Waals surface area contributed by atoms with Crippen molar-refractivity contribution >= 4 is 10.8 Å². The fraction of sp³-hybridized carbons (Fsp3) is 0.111. The predicted molar refractivity (Wildman–Crippen MR) is 88.8 cm³/mol. The summed E-state index contributed by atoms with van der Waals surface area (Å²) in [7, 11) is -1.10. The first-order valence-corrected chi connectivity index (χ1v) is 8.38. The lowest BCUT2D eigenvalue weighted by molar-refractivity contribution is 0.682. The van der Waals surface area contributed by atoms with Crippen LogP contribution in [0.2, 0.25) is 0 Å². The Kier molecular flexibility index (Phi) is 4.39. The van der Waals surface area contributed by atoms with Crippen molar-refractivity contribution in [1.82, 2.24) is 9.97 Å². The summed E-state index contributed by atoms with van der Waals surface area (Å²) in [5.41, 5.74) is 2.65. The van der Waals surface area contributed by atoms with Crippen LogP contribution in [0.4, 0.5) is 0 Å². The molecule has 0 amide bonds. The monoisotopic (exact) mass is 308 g/mol. The summed E-state index contributed by atoms with van der Waals surface area (Å²) in [5, 5.41) is 0. The van der Waals surface area contributed by atoms with Gasteiger partial charge in [-0.25, -0.2) is 9.97 Å². The topological polar surface area (TPSA) is 42.9 Å². The van der Waals surface area contributed by atoms with Crippen LogP contribution in [0.3, 0.4) is 0 Å². The standard InChI is InChI=1S/C18H16N2OS/c1-14-12-16(13-22(21)17-10-6-3-7-11-17)20-18(19-14)15-8-4-2-5-9-15/h2-12H,13H2,1H3. The van der Waals surface area contributed by atoms with Gasteiger partial charge in [0, 0.05) is 16.2 Å². The lowest BCUT2D eigenvalue weighted by Crippen LogP contribution is -2.02. The summed E-state index contributed by atoms with van der Waals surface area (Å²) in [5.74, 6) is 1.08. The van der Waals surface area contributed by atoms with E-state index < -0.39 is 10.8 Å². The minimum atomic E-state index is -1.10. The van der Waals surface area contributed by atoms with E-state index in [9.17, 15) is 4.21 Å². The lowest BCUT2D eigenvalue weighted by Gasteiger charge is -2.06. The van der Waals surface area contributed by atoms with Crippen molar-refractivity contribution in [2.24, 2.45) is 0 Å². The molecular weight excluding hydrogens is 292 g/mol. The number of benzene rings is 2. The number of nitrogens with zero attached hydrogens (tertiary/aromatic N) is 2. The smallest absolute Gasteiger partial charge is 0.159 e. The van der Waals surface area contributed by atoms with Gasteiger partial charge >= 0.3 is 0 Å². The normalized spacial score (nSPS) is 12.0. The number of hydrogen-bond acceptors (Lipinski definition) is 3. The molecule has 0 bridgehead atoms. The zero-order chi connectivity index (χ0) is 15.4. The van der Waals surface area contributed by atoms with Gasteiger partial charge in [0.15, 0.2) is 5.82 Å². The molecule has 1 heterocycles. The SMILES string of the molecule is Cc1cc(CS(=O)c2ccccc2)nc(-c2ccccc2)n1. The van der Waals surface area contributed by atoms with Crippen LogP contribution in [-0.2, 0) is 16.6 Å². The molecule has 2 aromatic carbocycles. The summed E-state index contributed by atoms with van der Waals surface area (Å²) in [6.45, 7) is 1.93. The second-order valence-electron chi connectivity index (χ2n) is 4.99. The molecule has 0 saturated heterocycles. The number of aryl methyl sites for hydroxylation is 1. The summed E-state index contributed by atoms with van der Waals surface area (Å²) in [6.07, 6.45) is 0. The van der Waals surface area contributed by atoms with Crippen molar-refractivity contribution < 1.29 is 4.21 Å². The van der Waals surface area contributed by atoms with E-state index >= 15 is 0 Å². The summed E-state index contributed by atoms with van der Waals surface area (Å²) >= 11 is 0. The number of rotatable bonds is 4. The quantitative estimate of drug-likeness (QED) is 0.737. The van der Waals surface area contributed by atoms with E-state index in [1.165, 1.54) is 0 Å². The molecule has 0 radical (unpaired) electrons. The molecule has 0 N–H and O–H groups in total. The summed E-state index contributed by atoms with van der Waals surface area (Å²) in [4.78, 5) is 9.86. The minimum absolute atomic E-state index is 0.396. The van der Waals surface area contributed by atoms with Crippen molar-refractivity contribution in [3.05, 3.63) is 78.1 Å². The van der Waals surface area contributed by atoms with Crippen molar-refractivity contribution in [2.45, 2.75) is 17.6 Å². The van der Waals surface area contributed by atoms with E-state index in [0.29, 0.717) is 11.6 Å². The average molecular weight is 308 g/mol. The van der Waals surface area contributed by atoms with Gasteiger partial charge < -0.3 is 0 Å². The Morgan fingerprint density at radius 3 is 2.23 bits per heavy atom. The number of aromatic nitrogens is 2. The molecule has 1 unspecified atom stereocenters. The van der Waals surface area contributed by atoms with Crippen molar-refractivity contribution in [1.29, 1.82) is 0 Å². The van der Waals surface area contributed by atoms with Crippen LogP contribution >= 0.6 is 0 Å². The van der Waals surface area contributed by atoms with Gasteiger partial charge in [0.1, 0.15) is 0 Å². The Bertz CT molecular complexity index is 789. The van der Waals surface area contributed by atoms with Gasteiger partial charge in [0.2, 0.25) is 0 Å². The van der Waals surface area contributed by atoms with Crippen LogP contribution in [0.5, 0.6) is 0 Å². The van der Waals surface area contributed by atoms with Crippen LogP contribution in [0.15, 0.2) is 71.6 Å². The first-order valence-electron chi connectivity index (χ1n) is 7.06. The van der Waals surface area contributed by atoms with Crippen LogP contribution in [0.25, 0.3) is 11.4 Å². The van der Waals surface area contributed by atoms with Crippen LogP contribution in [0.1, 0.15) is 11.4 Å². The zero-order valence-corrected chi connectivity index (χ0v) is 13.1. The molecule has 0 fully saturated rings. The Balaban J connectivity index is 1.89. The van der Waals surface area contributed by atoms with Gasteiger partial charge in [-0.3, -0.25) is 4.21 Å². The lowest BCUT2D eigenvalue weighted by atomic mass is 10.2. The van der Waals surface area contributed by atoms with Gasteiger partial charge in [0.05, 0.1) is 22.2 Å². The molecule has 4 heteroatoms. The highest BCUT2D eigenvalue weighted by molar-refractivity contribution is 7.84. The molecule has 0 aliphatic carbocycles. The Morgan fingerprint density at radius 2 is 1.55 bits per heavy atom. The van der Waals surface area contributed by atoms with Crippen molar-refractivity contribution in [3.8, 4) is 11.4 Å². The van der Waals surface area contributed by atoms with Crippen LogP contribution in [-0.4, -0.2) is 14.2 Å². The highest BCUT2D eigenvalue weighted by Crippen LogP contribution is 2.17. The second kappa shape index (κ2) is 6.62. The highest BCUT2D eigenvalue weighted by Gasteiger charge is 2.09. The molecule has 0 saturated carbocycles. The second-order valence-corrected chi connectivity index (χ2v) is 6.44. The van der Waals surface area contributed by atoms with Crippen LogP contribution in [0, 0.1) is 6.92 Å². The fourth-order valence-corrected chi connectivity index (χ4v) is 3.26. The van der Waals surface area contributed by atoms with Crippen molar-refractivity contribution in [2.75, 3.05) is 0 Å². The maximum absolute atomic E-state index is 12.4. The molecule has 22 heavy (non-hydrogen) atoms. The highest BCUT2D eigenvalue weighted by atomic mass is 32.2. The predicted octanol–water partition coefficient (Wildman–Crippen LogP) is 3.76. The summed E-state index contributed by atoms with van der Waals surface area (Å²) in [6, 6.07) is 21.2. The van der Waals surface area contributed by atoms with E-state index in [4.69, 9.17) is 0 Å². The van der Waals surface area contributed by atoms with Gasteiger partial charge in [0.25, 0.3) is 0 Å². The Hall–Kier alpha value is -2.33. The molecule has 3 nitrogen and oxygen atoms in total. The molecule has 0 spiro atoms. The molecule has 3 aromatic rings. The third-order valence-electron chi connectivity index (χ3n) is 3.22. The molecule has 0 aliphatic heterocycles. The first kappa shape index (κ1) is 14.6. The molecule has 110 valence electrons. The zero-order valence-electron chi connectivity index (χ0n) is 12.3. The van der Waals surface area contributed by atoms with Gasteiger partial charge in [-0.05, 0) is 25.1 Å². The third-order valence-corrected chi connectivity index (χ3v) is 4.58. The van der Waals surface area contributed by atoms with E-state index in [-0.39, 0.29) is 0 Å². The molecule has 1 atom stereocenters. The maximum atomic E-state index is 12.4. The maximum Gasteiger partial charge on any atom is 0.159 e. The minimum Gasteiger partial charge on any atom is -0.254 e. The van der Waals surface area contributed by atoms with E-state index in [0.717, 1.165) is 21.8 Å². The first-order chi connectivity index (χ1) is 10.7. The molecule has 1 aromatic heterocycles. The van der Waals surface area contributed by atoms with E-state index in [1.807, 2.05) is 73.7 Å². The van der Waals surface area contributed by atoms with E-state index in [2.05, 4.69) is 9.97 Å². The van der Waals surface area contributed by atoms with Gasteiger partial charge in [-0.1, -0.05) is 48.5 Å². The van der Waals surface area contributed by atoms with Crippen molar-refractivity contribution in [3.63, 3.8) is 0 Å². The largest absolute Gasteiger partial charge is 0.254 e. The molecule has 0 aliphatic rings. The third kappa shape index (κ3) is 3.46. The van der Waals surface area contributed by atoms with Crippen LogP contribution < -0.4 is 0 Å². The Morgan fingerprint density at radius 1 is 0.909 bits per heavy atom. The fourth-order valence-electron chi connectivity index (χ4n) is 2.21. The Labute approximate surface area is 132 Å².